The van der Waals surface area contributed by atoms with E-state index in [2.05, 4.69) is 6.92 Å². The quantitative estimate of drug-likeness (QED) is 0.645. The lowest BCUT2D eigenvalue weighted by Crippen LogP contribution is -2.38. The van der Waals surface area contributed by atoms with Gasteiger partial charge in [-0.15, -0.1) is 11.6 Å². The number of carbonyl (C=O) groups excluding carboxylic acids is 1. The van der Waals surface area contributed by atoms with Gasteiger partial charge in [-0.1, -0.05) is 13.8 Å². The van der Waals surface area contributed by atoms with Crippen LogP contribution in [-0.4, -0.2) is 29.3 Å². The van der Waals surface area contributed by atoms with Gasteiger partial charge in [0.15, 0.2) is 0 Å². The van der Waals surface area contributed by atoms with Crippen LogP contribution >= 0.6 is 11.6 Å². The zero-order chi connectivity index (χ0) is 9.84. The van der Waals surface area contributed by atoms with Gasteiger partial charge in [-0.3, -0.25) is 4.79 Å². The van der Waals surface area contributed by atoms with Gasteiger partial charge in [0.2, 0.25) is 5.91 Å². The average molecular weight is 204 g/mol. The van der Waals surface area contributed by atoms with Crippen LogP contribution in [0.5, 0.6) is 0 Å². The summed E-state index contributed by atoms with van der Waals surface area (Å²) in [4.78, 5) is 13.6. The number of rotatable bonds is 3. The number of carbonyl (C=O) groups is 1. The number of likely N-dealkylation sites (tertiary alicyclic amines) is 1. The lowest BCUT2D eigenvalue weighted by Gasteiger charge is -2.24. The van der Waals surface area contributed by atoms with Crippen LogP contribution in [0.1, 0.15) is 33.1 Å². The zero-order valence-electron chi connectivity index (χ0n) is 8.42. The predicted octanol–water partition coefficient (Wildman–Crippen LogP) is 2.26. The fraction of sp³-hybridized carbons (Fsp3) is 0.900. The topological polar surface area (TPSA) is 20.3 Å². The number of alkyl halides is 1. The number of halogens is 1. The van der Waals surface area contributed by atoms with E-state index in [4.69, 9.17) is 11.6 Å². The Kier molecular flexibility index (Phi) is 4.04. The van der Waals surface area contributed by atoms with Crippen molar-refractivity contribution in [1.29, 1.82) is 0 Å². The molecule has 1 amide bonds. The third kappa shape index (κ3) is 2.37. The van der Waals surface area contributed by atoms with Crippen molar-refractivity contribution in [3.8, 4) is 0 Å². The molecule has 1 fully saturated rings. The molecular weight excluding hydrogens is 186 g/mol. The van der Waals surface area contributed by atoms with E-state index in [1.165, 1.54) is 0 Å². The Hall–Kier alpha value is -0.240. The van der Waals surface area contributed by atoms with E-state index < -0.39 is 0 Å². The van der Waals surface area contributed by atoms with Gasteiger partial charge in [0.1, 0.15) is 0 Å². The smallest absolute Gasteiger partial charge is 0.222 e. The lowest BCUT2D eigenvalue weighted by molar-refractivity contribution is -0.131. The van der Waals surface area contributed by atoms with Crippen molar-refractivity contribution < 1.29 is 4.79 Å². The molecule has 0 radical (unpaired) electrons. The maximum Gasteiger partial charge on any atom is 0.222 e. The maximum atomic E-state index is 11.6. The molecule has 0 bridgehead atoms. The van der Waals surface area contributed by atoms with Crippen LogP contribution < -0.4 is 0 Å². The third-order valence-corrected chi connectivity index (χ3v) is 3.14. The number of amides is 1. The van der Waals surface area contributed by atoms with Crippen molar-refractivity contribution in [2.75, 3.05) is 12.4 Å². The zero-order valence-corrected chi connectivity index (χ0v) is 9.18. The molecule has 1 heterocycles. The number of nitrogens with zero attached hydrogens (tertiary/aromatic N) is 1. The van der Waals surface area contributed by atoms with Crippen LogP contribution in [0.3, 0.4) is 0 Å². The van der Waals surface area contributed by atoms with Crippen molar-refractivity contribution in [2.24, 2.45) is 5.92 Å². The van der Waals surface area contributed by atoms with E-state index in [0.29, 0.717) is 18.2 Å². The molecule has 2 atom stereocenters. The molecule has 13 heavy (non-hydrogen) atoms. The summed E-state index contributed by atoms with van der Waals surface area (Å²) in [7, 11) is 0. The molecular formula is C10H18ClNO. The molecule has 2 nitrogen and oxygen atoms in total. The molecule has 1 aliphatic rings. The fourth-order valence-corrected chi connectivity index (χ4v) is 2.38. The minimum absolute atomic E-state index is 0.275. The van der Waals surface area contributed by atoms with Crippen LogP contribution in [-0.2, 0) is 4.79 Å². The number of hydrogen-bond donors (Lipinski definition) is 0. The minimum atomic E-state index is 0.275. The van der Waals surface area contributed by atoms with Gasteiger partial charge in [-0.25, -0.2) is 0 Å². The van der Waals surface area contributed by atoms with E-state index in [1.54, 1.807) is 0 Å². The molecule has 0 aromatic heterocycles. The van der Waals surface area contributed by atoms with Gasteiger partial charge >= 0.3 is 0 Å². The van der Waals surface area contributed by atoms with E-state index in [9.17, 15) is 4.79 Å². The largest absolute Gasteiger partial charge is 0.338 e. The first-order valence-corrected chi connectivity index (χ1v) is 5.59. The SMILES string of the molecule is CCCC(=O)N1CCC(C)C1CCl. The average Bonchev–Trinajstić information content (AvgIpc) is 2.47. The molecule has 1 aliphatic heterocycles. The molecule has 0 spiro atoms. The second kappa shape index (κ2) is 4.85. The van der Waals surface area contributed by atoms with Gasteiger partial charge in [-0.2, -0.15) is 0 Å². The first-order chi connectivity index (χ1) is 6.20. The summed E-state index contributed by atoms with van der Waals surface area (Å²) in [6.07, 6.45) is 2.70. The van der Waals surface area contributed by atoms with Crippen molar-refractivity contribution in [1.82, 2.24) is 4.90 Å². The van der Waals surface area contributed by atoms with Crippen molar-refractivity contribution in [2.45, 2.75) is 39.2 Å². The van der Waals surface area contributed by atoms with Crippen LogP contribution in [0.2, 0.25) is 0 Å². The summed E-state index contributed by atoms with van der Waals surface area (Å²) in [5.74, 6) is 1.42. The predicted molar refractivity (Wildman–Crippen MR) is 54.9 cm³/mol. The number of hydrogen-bond acceptors (Lipinski definition) is 1. The Labute approximate surface area is 85.2 Å². The first kappa shape index (κ1) is 10.8. The Morgan fingerprint density at radius 1 is 1.62 bits per heavy atom. The molecule has 2 unspecified atom stereocenters. The van der Waals surface area contributed by atoms with Gasteiger partial charge in [0, 0.05) is 24.9 Å². The van der Waals surface area contributed by atoms with Gasteiger partial charge in [0.05, 0.1) is 0 Å². The monoisotopic (exact) mass is 203 g/mol. The summed E-state index contributed by atoms with van der Waals surface area (Å²) < 4.78 is 0. The summed E-state index contributed by atoms with van der Waals surface area (Å²) in [5.41, 5.74) is 0. The van der Waals surface area contributed by atoms with Crippen molar-refractivity contribution >= 4 is 17.5 Å². The molecule has 1 rings (SSSR count). The van der Waals surface area contributed by atoms with E-state index in [-0.39, 0.29) is 11.9 Å². The normalized spacial score (nSPS) is 28.1. The van der Waals surface area contributed by atoms with Gasteiger partial charge < -0.3 is 4.90 Å². The standard InChI is InChI=1S/C10H18ClNO/c1-3-4-10(13)12-6-5-8(2)9(12)7-11/h8-9H,3-7H2,1-2H3. The molecule has 3 heteroatoms. The third-order valence-electron chi connectivity index (χ3n) is 2.82. The lowest BCUT2D eigenvalue weighted by atomic mass is 10.0. The van der Waals surface area contributed by atoms with Crippen LogP contribution in [0, 0.1) is 5.92 Å². The highest BCUT2D eigenvalue weighted by Crippen LogP contribution is 2.25. The highest BCUT2D eigenvalue weighted by atomic mass is 35.5. The van der Waals surface area contributed by atoms with E-state index >= 15 is 0 Å². The molecule has 0 aliphatic carbocycles. The first-order valence-electron chi connectivity index (χ1n) is 5.06. The minimum Gasteiger partial charge on any atom is -0.338 e. The fourth-order valence-electron chi connectivity index (χ4n) is 1.91. The molecule has 76 valence electrons. The van der Waals surface area contributed by atoms with Crippen LogP contribution in [0.15, 0.2) is 0 Å². The van der Waals surface area contributed by atoms with Gasteiger partial charge in [-0.05, 0) is 18.8 Å². The Morgan fingerprint density at radius 2 is 2.31 bits per heavy atom. The Morgan fingerprint density at radius 3 is 2.85 bits per heavy atom. The molecule has 0 N–H and O–H groups in total. The summed E-state index contributed by atoms with van der Waals surface area (Å²) in [5, 5.41) is 0. The highest BCUT2D eigenvalue weighted by Gasteiger charge is 2.32. The Bertz CT molecular complexity index is 184. The van der Waals surface area contributed by atoms with Crippen molar-refractivity contribution in [3.05, 3.63) is 0 Å². The molecule has 0 aromatic carbocycles. The second-order valence-electron chi connectivity index (χ2n) is 3.82. The van der Waals surface area contributed by atoms with Crippen molar-refractivity contribution in [3.63, 3.8) is 0 Å². The summed E-state index contributed by atoms with van der Waals surface area (Å²) >= 11 is 5.85. The Balaban J connectivity index is 2.54. The highest BCUT2D eigenvalue weighted by molar-refractivity contribution is 6.18. The maximum absolute atomic E-state index is 11.6. The molecule has 0 saturated carbocycles. The molecule has 1 saturated heterocycles. The van der Waals surface area contributed by atoms with E-state index in [0.717, 1.165) is 19.4 Å². The van der Waals surface area contributed by atoms with E-state index in [1.807, 2.05) is 11.8 Å². The van der Waals surface area contributed by atoms with Crippen LogP contribution in [0.4, 0.5) is 0 Å². The van der Waals surface area contributed by atoms with Crippen LogP contribution in [0.25, 0.3) is 0 Å². The molecule has 0 aromatic rings. The summed E-state index contributed by atoms with van der Waals surface area (Å²) in [6.45, 7) is 5.11. The summed E-state index contributed by atoms with van der Waals surface area (Å²) in [6, 6.07) is 0.278. The second-order valence-corrected chi connectivity index (χ2v) is 4.13. The van der Waals surface area contributed by atoms with Gasteiger partial charge in [0.25, 0.3) is 0 Å².